The Morgan fingerprint density at radius 3 is 2.59 bits per heavy atom. The molecule has 0 unspecified atom stereocenters. The molecule has 98 valence electrons. The number of aliphatic carboxylic acids is 1. The molecule has 1 saturated heterocycles. The topological polar surface area (TPSA) is 104 Å². The first-order chi connectivity index (χ1) is 7.83. The van der Waals surface area contributed by atoms with Gasteiger partial charge < -0.3 is 10.4 Å². The maximum atomic E-state index is 11.4. The van der Waals surface area contributed by atoms with Crippen molar-refractivity contribution in [1.82, 2.24) is 9.62 Å². The lowest BCUT2D eigenvalue weighted by Crippen LogP contribution is -2.40. The molecule has 1 amide bonds. The molecule has 8 heteroatoms. The molecule has 0 radical (unpaired) electrons. The Bertz CT molecular complexity index is 406. The molecule has 2 N–H and O–H groups in total. The predicted molar refractivity (Wildman–Crippen MR) is 59.8 cm³/mol. The van der Waals surface area contributed by atoms with Crippen LogP contribution in [0.3, 0.4) is 0 Å². The second-order valence-electron chi connectivity index (χ2n) is 3.95. The zero-order chi connectivity index (χ0) is 13.1. The summed E-state index contributed by atoms with van der Waals surface area (Å²) < 4.78 is 24.1. The molecule has 1 atom stereocenters. The van der Waals surface area contributed by atoms with Gasteiger partial charge in [-0.25, -0.2) is 12.7 Å². The summed E-state index contributed by atoms with van der Waals surface area (Å²) in [7, 11) is -3.19. The van der Waals surface area contributed by atoms with E-state index in [-0.39, 0.29) is 18.7 Å². The first kappa shape index (κ1) is 13.9. The van der Waals surface area contributed by atoms with E-state index in [1.54, 1.807) is 0 Å². The molecule has 1 aliphatic heterocycles. The van der Waals surface area contributed by atoms with E-state index in [0.29, 0.717) is 13.0 Å². The Labute approximate surface area is 99.8 Å². The number of nitrogens with one attached hydrogen (secondary N) is 1. The Morgan fingerprint density at radius 1 is 1.47 bits per heavy atom. The zero-order valence-corrected chi connectivity index (χ0v) is 10.4. The van der Waals surface area contributed by atoms with Crippen LogP contribution in [0.2, 0.25) is 0 Å². The van der Waals surface area contributed by atoms with Crippen molar-refractivity contribution < 1.29 is 23.1 Å². The van der Waals surface area contributed by atoms with Crippen LogP contribution in [0.25, 0.3) is 0 Å². The van der Waals surface area contributed by atoms with Gasteiger partial charge in [0, 0.05) is 19.5 Å². The number of nitrogens with zero attached hydrogens (tertiary/aromatic N) is 1. The molecular formula is C9H16N2O5S. The molecule has 1 rings (SSSR count). The van der Waals surface area contributed by atoms with Crippen molar-refractivity contribution in [2.45, 2.75) is 25.8 Å². The largest absolute Gasteiger partial charge is 0.480 e. The highest BCUT2D eigenvalue weighted by Gasteiger charge is 2.28. The van der Waals surface area contributed by atoms with Gasteiger partial charge in [0.05, 0.1) is 5.75 Å². The van der Waals surface area contributed by atoms with Crippen LogP contribution in [0, 0.1) is 0 Å². The number of carboxylic acid groups (broad SMARTS) is 1. The van der Waals surface area contributed by atoms with Crippen LogP contribution in [0.1, 0.15) is 19.8 Å². The standard InChI is InChI=1S/C9H16N2O5S/c1-7(9(13)14)10-8(12)3-5-11-4-2-6-17(11,15)16/h7H,2-6H2,1H3,(H,10,12)(H,13,14)/t7-/m1/s1. The van der Waals surface area contributed by atoms with Crippen LogP contribution in [0.5, 0.6) is 0 Å². The molecule has 0 aromatic carbocycles. The maximum absolute atomic E-state index is 11.4. The number of sulfonamides is 1. The number of rotatable bonds is 5. The number of carbonyl (C=O) groups is 2. The number of carbonyl (C=O) groups excluding carboxylic acids is 1. The predicted octanol–water partition coefficient (Wildman–Crippen LogP) is -0.999. The second kappa shape index (κ2) is 5.46. The van der Waals surface area contributed by atoms with Gasteiger partial charge in [0.2, 0.25) is 15.9 Å². The van der Waals surface area contributed by atoms with Crippen molar-refractivity contribution >= 4 is 21.9 Å². The van der Waals surface area contributed by atoms with Crippen molar-refractivity contribution in [2.24, 2.45) is 0 Å². The number of hydrogen-bond acceptors (Lipinski definition) is 4. The van der Waals surface area contributed by atoms with Crippen LogP contribution in [0.15, 0.2) is 0 Å². The number of hydrogen-bond donors (Lipinski definition) is 2. The second-order valence-corrected chi connectivity index (χ2v) is 6.03. The molecule has 17 heavy (non-hydrogen) atoms. The zero-order valence-electron chi connectivity index (χ0n) is 9.55. The average Bonchev–Trinajstić information content (AvgIpc) is 2.54. The molecule has 1 fully saturated rings. The first-order valence-electron chi connectivity index (χ1n) is 5.33. The van der Waals surface area contributed by atoms with Crippen LogP contribution >= 0.6 is 0 Å². The molecule has 1 aliphatic rings. The van der Waals surface area contributed by atoms with E-state index in [0.717, 1.165) is 0 Å². The van der Waals surface area contributed by atoms with E-state index in [1.807, 2.05) is 0 Å². The van der Waals surface area contributed by atoms with Gasteiger partial charge in [-0.3, -0.25) is 9.59 Å². The van der Waals surface area contributed by atoms with Crippen molar-refractivity contribution in [3.8, 4) is 0 Å². The quantitative estimate of drug-likeness (QED) is 0.663. The molecular weight excluding hydrogens is 248 g/mol. The summed E-state index contributed by atoms with van der Waals surface area (Å²) >= 11 is 0. The number of carboxylic acids is 1. The van der Waals surface area contributed by atoms with Crippen molar-refractivity contribution in [1.29, 1.82) is 0 Å². The highest BCUT2D eigenvalue weighted by atomic mass is 32.2. The molecule has 0 aromatic heterocycles. The van der Waals surface area contributed by atoms with Gasteiger partial charge in [-0.1, -0.05) is 0 Å². The molecule has 0 aromatic rings. The lowest BCUT2D eigenvalue weighted by Gasteiger charge is -2.14. The van der Waals surface area contributed by atoms with E-state index >= 15 is 0 Å². The van der Waals surface area contributed by atoms with Gasteiger partial charge in [0.15, 0.2) is 0 Å². The minimum absolute atomic E-state index is 0.0170. The third kappa shape index (κ3) is 3.97. The summed E-state index contributed by atoms with van der Waals surface area (Å²) in [6, 6.07) is -0.960. The fourth-order valence-corrected chi connectivity index (χ4v) is 3.07. The minimum atomic E-state index is -3.19. The fourth-order valence-electron chi connectivity index (χ4n) is 1.54. The summed E-state index contributed by atoms with van der Waals surface area (Å²) in [6.45, 7) is 1.90. The van der Waals surface area contributed by atoms with Crippen molar-refractivity contribution in [2.75, 3.05) is 18.8 Å². The monoisotopic (exact) mass is 264 g/mol. The highest BCUT2D eigenvalue weighted by molar-refractivity contribution is 7.89. The van der Waals surface area contributed by atoms with E-state index in [1.165, 1.54) is 11.2 Å². The summed E-state index contributed by atoms with van der Waals surface area (Å²) in [4.78, 5) is 21.8. The molecule has 0 spiro atoms. The number of amides is 1. The van der Waals surface area contributed by atoms with Crippen LogP contribution in [-0.4, -0.2) is 54.6 Å². The summed E-state index contributed by atoms with van der Waals surface area (Å²) in [5, 5.41) is 10.8. The SMILES string of the molecule is C[C@@H](NC(=O)CCN1CCCS1(=O)=O)C(=O)O. The average molecular weight is 264 g/mol. The van der Waals surface area contributed by atoms with Gasteiger partial charge in [0.25, 0.3) is 0 Å². The molecule has 0 saturated carbocycles. The molecule has 0 bridgehead atoms. The summed E-state index contributed by atoms with van der Waals surface area (Å²) in [5.41, 5.74) is 0. The van der Waals surface area contributed by atoms with Crippen molar-refractivity contribution in [3.05, 3.63) is 0 Å². The lowest BCUT2D eigenvalue weighted by atomic mass is 10.3. The molecule has 1 heterocycles. The van der Waals surface area contributed by atoms with Gasteiger partial charge >= 0.3 is 5.97 Å². The van der Waals surface area contributed by atoms with Gasteiger partial charge in [0.1, 0.15) is 6.04 Å². The Balaban J connectivity index is 2.36. The van der Waals surface area contributed by atoms with Gasteiger partial charge in [-0.2, -0.15) is 0 Å². The maximum Gasteiger partial charge on any atom is 0.325 e. The van der Waals surface area contributed by atoms with Crippen LogP contribution < -0.4 is 5.32 Å². The van der Waals surface area contributed by atoms with Gasteiger partial charge in [-0.15, -0.1) is 0 Å². The van der Waals surface area contributed by atoms with Crippen LogP contribution in [-0.2, 0) is 19.6 Å². The summed E-state index contributed by atoms with van der Waals surface area (Å²) in [5.74, 6) is -1.45. The first-order valence-corrected chi connectivity index (χ1v) is 6.94. The van der Waals surface area contributed by atoms with Gasteiger partial charge in [-0.05, 0) is 13.3 Å². The third-order valence-corrected chi connectivity index (χ3v) is 4.50. The highest BCUT2D eigenvalue weighted by Crippen LogP contribution is 2.13. The van der Waals surface area contributed by atoms with E-state index < -0.39 is 27.9 Å². The molecule has 0 aliphatic carbocycles. The normalized spacial score (nSPS) is 21.0. The van der Waals surface area contributed by atoms with Crippen LogP contribution in [0.4, 0.5) is 0 Å². The summed E-state index contributed by atoms with van der Waals surface area (Å²) in [6.07, 6.45) is 0.562. The lowest BCUT2D eigenvalue weighted by molar-refractivity contribution is -0.141. The smallest absolute Gasteiger partial charge is 0.325 e. The third-order valence-electron chi connectivity index (χ3n) is 2.54. The molecule has 7 nitrogen and oxygen atoms in total. The van der Waals surface area contributed by atoms with E-state index in [2.05, 4.69) is 5.32 Å². The Kier molecular flexibility index (Phi) is 4.47. The minimum Gasteiger partial charge on any atom is -0.480 e. The van der Waals surface area contributed by atoms with E-state index in [4.69, 9.17) is 5.11 Å². The Morgan fingerprint density at radius 2 is 2.12 bits per heavy atom. The fraction of sp³-hybridized carbons (Fsp3) is 0.778. The van der Waals surface area contributed by atoms with Crippen molar-refractivity contribution in [3.63, 3.8) is 0 Å². The Hall–Kier alpha value is -1.15. The van der Waals surface area contributed by atoms with E-state index in [9.17, 15) is 18.0 Å².